The smallest absolute Gasteiger partial charge is 0.308 e. The maximum Gasteiger partial charge on any atom is 0.308 e. The van der Waals surface area contributed by atoms with Crippen LogP contribution in [-0.2, 0) is 9.53 Å². The lowest BCUT2D eigenvalue weighted by molar-refractivity contribution is -0.149. The molecule has 1 saturated carbocycles. The molecule has 0 heterocycles. The van der Waals surface area contributed by atoms with E-state index in [0.717, 1.165) is 25.7 Å². The lowest BCUT2D eigenvalue weighted by Crippen LogP contribution is -2.26. The molecule has 2 N–H and O–H groups in total. The van der Waals surface area contributed by atoms with Crippen molar-refractivity contribution in [2.45, 2.75) is 45.4 Å². The molecule has 0 spiro atoms. The number of nitrogen functional groups attached to an aromatic ring is 1. The topological polar surface area (TPSA) is 52.3 Å². The number of nitrogens with two attached hydrogens (primary N) is 1. The molecule has 1 atom stereocenters. The summed E-state index contributed by atoms with van der Waals surface area (Å²) in [6, 6.07) is 5.93. The van der Waals surface area contributed by atoms with Crippen molar-refractivity contribution in [2.24, 2.45) is 11.8 Å². The molecule has 3 nitrogen and oxygen atoms in total. The SMILES string of the molecule is CCOC(=O)C(C)C1CCC(c2ccc(N)c(Cl)c2)CC1. The quantitative estimate of drug-likeness (QED) is 0.662. The Morgan fingerprint density at radius 2 is 2.05 bits per heavy atom. The molecule has 0 aromatic heterocycles. The largest absolute Gasteiger partial charge is 0.466 e. The van der Waals surface area contributed by atoms with Crippen LogP contribution in [0.25, 0.3) is 0 Å². The van der Waals surface area contributed by atoms with E-state index in [4.69, 9.17) is 22.1 Å². The van der Waals surface area contributed by atoms with Crippen LogP contribution in [0.2, 0.25) is 5.02 Å². The van der Waals surface area contributed by atoms with E-state index in [1.165, 1.54) is 5.56 Å². The van der Waals surface area contributed by atoms with Gasteiger partial charge in [0.15, 0.2) is 0 Å². The lowest BCUT2D eigenvalue weighted by atomic mass is 9.74. The highest BCUT2D eigenvalue weighted by Gasteiger charge is 2.30. The van der Waals surface area contributed by atoms with Crippen molar-refractivity contribution in [2.75, 3.05) is 12.3 Å². The third-order valence-electron chi connectivity index (χ3n) is 4.63. The normalized spacial score (nSPS) is 23.6. The van der Waals surface area contributed by atoms with Crippen LogP contribution in [0.5, 0.6) is 0 Å². The predicted molar refractivity (Wildman–Crippen MR) is 86.4 cm³/mol. The van der Waals surface area contributed by atoms with Crippen LogP contribution in [0.3, 0.4) is 0 Å². The number of ether oxygens (including phenoxy) is 1. The number of hydrogen-bond acceptors (Lipinski definition) is 3. The molecule has 0 aliphatic heterocycles. The summed E-state index contributed by atoms with van der Waals surface area (Å²) in [5, 5.41) is 0.634. The van der Waals surface area contributed by atoms with Crippen LogP contribution in [0.4, 0.5) is 5.69 Å². The molecule has 1 aliphatic carbocycles. The minimum Gasteiger partial charge on any atom is -0.466 e. The van der Waals surface area contributed by atoms with Gasteiger partial charge in [0.2, 0.25) is 0 Å². The Morgan fingerprint density at radius 1 is 1.38 bits per heavy atom. The maximum atomic E-state index is 11.8. The van der Waals surface area contributed by atoms with Gasteiger partial charge in [-0.2, -0.15) is 0 Å². The number of carbonyl (C=O) groups is 1. The van der Waals surface area contributed by atoms with E-state index in [2.05, 4.69) is 6.07 Å². The Hall–Kier alpha value is -1.22. The minimum atomic E-state index is -0.0588. The van der Waals surface area contributed by atoms with E-state index < -0.39 is 0 Å². The summed E-state index contributed by atoms with van der Waals surface area (Å²) in [4.78, 5) is 11.8. The van der Waals surface area contributed by atoms with Gasteiger partial charge in [-0.15, -0.1) is 0 Å². The Kier molecular flexibility index (Phi) is 5.51. The summed E-state index contributed by atoms with van der Waals surface area (Å²) in [6.45, 7) is 4.30. The summed E-state index contributed by atoms with van der Waals surface area (Å²) in [6.07, 6.45) is 4.31. The molecule has 1 aromatic rings. The first-order chi connectivity index (χ1) is 10.0. The van der Waals surface area contributed by atoms with E-state index in [1.54, 1.807) is 0 Å². The molecule has 0 saturated heterocycles. The molecular formula is C17H24ClNO2. The number of carbonyl (C=O) groups excluding carboxylic acids is 1. The predicted octanol–water partition coefficient (Wildman–Crippen LogP) is 4.40. The zero-order valence-electron chi connectivity index (χ0n) is 12.8. The van der Waals surface area contributed by atoms with Crippen LogP contribution in [0, 0.1) is 11.8 Å². The number of hydrogen-bond donors (Lipinski definition) is 1. The van der Waals surface area contributed by atoms with Gasteiger partial charge in [-0.3, -0.25) is 4.79 Å². The molecule has 1 aromatic carbocycles. The van der Waals surface area contributed by atoms with Crippen molar-refractivity contribution in [3.05, 3.63) is 28.8 Å². The van der Waals surface area contributed by atoms with Gasteiger partial charge < -0.3 is 10.5 Å². The van der Waals surface area contributed by atoms with Crippen LogP contribution in [0.1, 0.15) is 51.0 Å². The number of halogens is 1. The van der Waals surface area contributed by atoms with Crippen LogP contribution in [-0.4, -0.2) is 12.6 Å². The lowest BCUT2D eigenvalue weighted by Gasteiger charge is -2.31. The molecule has 116 valence electrons. The highest BCUT2D eigenvalue weighted by atomic mass is 35.5. The number of esters is 1. The zero-order chi connectivity index (χ0) is 15.4. The second-order valence-electron chi connectivity index (χ2n) is 5.93. The van der Waals surface area contributed by atoms with Gasteiger partial charge in [0.1, 0.15) is 0 Å². The van der Waals surface area contributed by atoms with Crippen LogP contribution in [0.15, 0.2) is 18.2 Å². The number of benzene rings is 1. The zero-order valence-corrected chi connectivity index (χ0v) is 13.5. The van der Waals surface area contributed by atoms with Gasteiger partial charge in [-0.25, -0.2) is 0 Å². The van der Waals surface area contributed by atoms with Gasteiger partial charge in [0.25, 0.3) is 0 Å². The second-order valence-corrected chi connectivity index (χ2v) is 6.34. The van der Waals surface area contributed by atoms with E-state index >= 15 is 0 Å². The van der Waals surface area contributed by atoms with Crippen LogP contribution >= 0.6 is 11.6 Å². The first kappa shape index (κ1) is 16.2. The summed E-state index contributed by atoms with van der Waals surface area (Å²) < 4.78 is 5.13. The first-order valence-corrected chi connectivity index (χ1v) is 8.12. The molecular weight excluding hydrogens is 286 g/mol. The Morgan fingerprint density at radius 3 is 2.62 bits per heavy atom. The average molecular weight is 310 g/mol. The summed E-state index contributed by atoms with van der Waals surface area (Å²) in [5.74, 6) is 0.899. The fourth-order valence-electron chi connectivity index (χ4n) is 3.22. The fourth-order valence-corrected chi connectivity index (χ4v) is 3.40. The van der Waals surface area contributed by atoms with Crippen molar-refractivity contribution in [3.8, 4) is 0 Å². The van der Waals surface area contributed by atoms with Crippen LogP contribution < -0.4 is 5.73 Å². The highest BCUT2D eigenvalue weighted by Crippen LogP contribution is 2.40. The third-order valence-corrected chi connectivity index (χ3v) is 4.96. The Balaban J connectivity index is 1.93. The number of anilines is 1. The van der Waals surface area contributed by atoms with Gasteiger partial charge in [0, 0.05) is 0 Å². The van der Waals surface area contributed by atoms with Crippen molar-refractivity contribution >= 4 is 23.3 Å². The van der Waals surface area contributed by atoms with Gasteiger partial charge in [-0.05, 0) is 62.1 Å². The van der Waals surface area contributed by atoms with Crippen molar-refractivity contribution in [1.82, 2.24) is 0 Å². The van der Waals surface area contributed by atoms with Crippen molar-refractivity contribution in [1.29, 1.82) is 0 Å². The number of rotatable bonds is 4. The van der Waals surface area contributed by atoms with Crippen molar-refractivity contribution < 1.29 is 9.53 Å². The third kappa shape index (κ3) is 3.91. The van der Waals surface area contributed by atoms with Crippen molar-refractivity contribution in [3.63, 3.8) is 0 Å². The van der Waals surface area contributed by atoms with E-state index in [-0.39, 0.29) is 11.9 Å². The van der Waals surface area contributed by atoms with E-state index in [0.29, 0.717) is 29.2 Å². The Labute approximate surface area is 131 Å². The molecule has 1 fully saturated rings. The molecule has 21 heavy (non-hydrogen) atoms. The Bertz CT molecular complexity index is 496. The maximum absolute atomic E-state index is 11.8. The molecule has 4 heteroatoms. The average Bonchev–Trinajstić information content (AvgIpc) is 2.50. The molecule has 1 unspecified atom stereocenters. The molecule has 0 amide bonds. The summed E-state index contributed by atoms with van der Waals surface area (Å²) in [5.41, 5.74) is 7.65. The summed E-state index contributed by atoms with van der Waals surface area (Å²) >= 11 is 6.10. The molecule has 0 bridgehead atoms. The summed E-state index contributed by atoms with van der Waals surface area (Å²) in [7, 11) is 0. The van der Waals surface area contributed by atoms with Gasteiger partial charge in [-0.1, -0.05) is 24.6 Å². The molecule has 0 radical (unpaired) electrons. The molecule has 2 rings (SSSR count). The van der Waals surface area contributed by atoms with Gasteiger partial charge >= 0.3 is 5.97 Å². The van der Waals surface area contributed by atoms with E-state index in [1.807, 2.05) is 26.0 Å². The second kappa shape index (κ2) is 7.17. The fraction of sp³-hybridized carbons (Fsp3) is 0.588. The highest BCUT2D eigenvalue weighted by molar-refractivity contribution is 6.33. The molecule has 1 aliphatic rings. The van der Waals surface area contributed by atoms with Gasteiger partial charge in [0.05, 0.1) is 23.2 Å². The first-order valence-electron chi connectivity index (χ1n) is 7.74. The minimum absolute atomic E-state index is 0.000839. The van der Waals surface area contributed by atoms with E-state index in [9.17, 15) is 4.79 Å². The standard InChI is InChI=1S/C17H24ClNO2/c1-3-21-17(20)11(2)12-4-6-13(7-5-12)14-8-9-16(19)15(18)10-14/h8-13H,3-7,19H2,1-2H3. The monoisotopic (exact) mass is 309 g/mol.